The minimum Gasteiger partial charge on any atom is -0.310 e. The lowest BCUT2D eigenvalue weighted by Crippen LogP contribution is -2.15. The van der Waals surface area contributed by atoms with Crippen LogP contribution >= 0.6 is 11.3 Å². The molecule has 1 N–H and O–H groups in total. The summed E-state index contributed by atoms with van der Waals surface area (Å²) in [7, 11) is 0. The van der Waals surface area contributed by atoms with E-state index < -0.39 is 0 Å². The van der Waals surface area contributed by atoms with Crippen molar-refractivity contribution in [1.82, 2.24) is 9.38 Å². The lowest BCUT2D eigenvalue weighted by atomic mass is 10.0. The molecule has 4 aromatic rings. The second-order valence-corrected chi connectivity index (χ2v) is 7.45. The number of rotatable bonds is 4. The number of pyridine rings is 1. The lowest BCUT2D eigenvalue weighted by Gasteiger charge is -2.08. The number of amides is 1. The molecule has 1 aromatic carbocycles. The van der Waals surface area contributed by atoms with Gasteiger partial charge in [0.15, 0.2) is 0 Å². The number of hydrogen-bond donors (Lipinski definition) is 1. The van der Waals surface area contributed by atoms with Gasteiger partial charge in [-0.25, -0.2) is 4.98 Å². The van der Waals surface area contributed by atoms with Gasteiger partial charge < -0.3 is 5.32 Å². The third-order valence-electron chi connectivity index (χ3n) is 4.20. The number of aryl methyl sites for hydroxylation is 2. The fraction of sp³-hybridized carbons (Fsp3) is 0.143. The number of fused-ring (bicyclic) bond motifs is 1. The molecule has 1 amide bonds. The van der Waals surface area contributed by atoms with Gasteiger partial charge in [-0.05, 0) is 49.6 Å². The van der Waals surface area contributed by atoms with E-state index in [0.717, 1.165) is 21.8 Å². The second-order valence-electron chi connectivity index (χ2n) is 6.42. The number of nitrogens with zero attached hydrogens (tertiary/aromatic N) is 2. The molecule has 0 atom stereocenters. The molecule has 3 heterocycles. The van der Waals surface area contributed by atoms with Gasteiger partial charge in [0.2, 0.25) is 5.91 Å². The van der Waals surface area contributed by atoms with Crippen molar-refractivity contribution in [1.29, 1.82) is 0 Å². The SMILES string of the molecule is Cc1cc(C)cc(-c2nc3ccccn3c2NC(=O)Cc2cccs2)c1. The summed E-state index contributed by atoms with van der Waals surface area (Å²) in [6.07, 6.45) is 2.29. The summed E-state index contributed by atoms with van der Waals surface area (Å²) in [5, 5.41) is 5.06. The molecule has 0 saturated heterocycles. The fourth-order valence-electron chi connectivity index (χ4n) is 3.18. The van der Waals surface area contributed by atoms with Crippen molar-refractivity contribution >= 4 is 28.7 Å². The number of thiophene rings is 1. The van der Waals surface area contributed by atoms with Crippen molar-refractivity contribution in [2.75, 3.05) is 5.32 Å². The number of imidazole rings is 1. The Morgan fingerprint density at radius 1 is 1.12 bits per heavy atom. The van der Waals surface area contributed by atoms with Crippen LogP contribution in [0.5, 0.6) is 0 Å². The molecule has 130 valence electrons. The van der Waals surface area contributed by atoms with E-state index in [-0.39, 0.29) is 5.91 Å². The normalized spacial score (nSPS) is 11.0. The first-order chi connectivity index (χ1) is 12.6. The number of nitrogens with one attached hydrogen (secondary N) is 1. The molecule has 4 nitrogen and oxygen atoms in total. The van der Waals surface area contributed by atoms with Crippen molar-refractivity contribution < 1.29 is 4.79 Å². The van der Waals surface area contributed by atoms with Crippen molar-refractivity contribution in [2.45, 2.75) is 20.3 Å². The molecule has 5 heteroatoms. The fourth-order valence-corrected chi connectivity index (χ4v) is 3.88. The van der Waals surface area contributed by atoms with Gasteiger partial charge in [0.1, 0.15) is 17.2 Å². The standard InChI is InChI=1S/C21H19N3OS/c1-14-10-15(2)12-16(11-14)20-21(24-8-4-3-7-18(24)22-20)23-19(25)13-17-6-5-9-26-17/h3-12H,13H2,1-2H3,(H,23,25). The van der Waals surface area contributed by atoms with Crippen LogP contribution in [0.2, 0.25) is 0 Å². The highest BCUT2D eigenvalue weighted by Gasteiger charge is 2.17. The Morgan fingerprint density at radius 2 is 1.92 bits per heavy atom. The molecule has 3 aromatic heterocycles. The third kappa shape index (κ3) is 3.26. The average Bonchev–Trinajstić information content (AvgIpc) is 3.22. The number of aromatic nitrogens is 2. The van der Waals surface area contributed by atoms with Crippen LogP contribution in [-0.2, 0) is 11.2 Å². The smallest absolute Gasteiger partial charge is 0.230 e. The molecule has 0 unspecified atom stereocenters. The highest BCUT2D eigenvalue weighted by Crippen LogP contribution is 2.30. The number of benzene rings is 1. The first-order valence-corrected chi connectivity index (χ1v) is 9.36. The Hall–Kier alpha value is -2.92. The summed E-state index contributed by atoms with van der Waals surface area (Å²) in [5.41, 5.74) is 4.97. The maximum Gasteiger partial charge on any atom is 0.230 e. The molecule has 0 spiro atoms. The summed E-state index contributed by atoms with van der Waals surface area (Å²) in [4.78, 5) is 18.4. The van der Waals surface area contributed by atoms with Gasteiger partial charge in [-0.2, -0.15) is 0 Å². The molecule has 0 saturated carbocycles. The summed E-state index contributed by atoms with van der Waals surface area (Å²) >= 11 is 1.59. The molecular weight excluding hydrogens is 342 g/mol. The summed E-state index contributed by atoms with van der Waals surface area (Å²) in [6, 6.07) is 16.1. The molecule has 0 aliphatic heterocycles. The van der Waals surface area contributed by atoms with Gasteiger partial charge in [-0.3, -0.25) is 9.20 Å². The maximum atomic E-state index is 12.6. The van der Waals surface area contributed by atoms with Crippen LogP contribution in [-0.4, -0.2) is 15.3 Å². The zero-order valence-electron chi connectivity index (χ0n) is 14.7. The topological polar surface area (TPSA) is 46.4 Å². The molecular formula is C21H19N3OS. The van der Waals surface area contributed by atoms with E-state index in [9.17, 15) is 4.79 Å². The summed E-state index contributed by atoms with van der Waals surface area (Å²) in [6.45, 7) is 4.14. The van der Waals surface area contributed by atoms with Crippen LogP contribution in [0.25, 0.3) is 16.9 Å². The Labute approximate surface area is 156 Å². The average molecular weight is 361 g/mol. The summed E-state index contributed by atoms with van der Waals surface area (Å²) < 4.78 is 1.93. The second kappa shape index (κ2) is 6.77. The molecule has 0 radical (unpaired) electrons. The minimum absolute atomic E-state index is 0.0382. The van der Waals surface area contributed by atoms with E-state index in [0.29, 0.717) is 12.2 Å². The van der Waals surface area contributed by atoms with Gasteiger partial charge in [0, 0.05) is 16.6 Å². The zero-order chi connectivity index (χ0) is 18.1. The van der Waals surface area contributed by atoms with Gasteiger partial charge >= 0.3 is 0 Å². The number of anilines is 1. The van der Waals surface area contributed by atoms with E-state index in [1.807, 2.05) is 46.3 Å². The first-order valence-electron chi connectivity index (χ1n) is 8.48. The predicted octanol–water partition coefficient (Wildman–Crippen LogP) is 4.86. The van der Waals surface area contributed by atoms with Gasteiger partial charge in [0.05, 0.1) is 6.42 Å². The quantitative estimate of drug-likeness (QED) is 0.564. The highest BCUT2D eigenvalue weighted by molar-refractivity contribution is 7.10. The lowest BCUT2D eigenvalue weighted by molar-refractivity contribution is -0.115. The Kier molecular flexibility index (Phi) is 4.31. The summed E-state index contributed by atoms with van der Waals surface area (Å²) in [5.74, 6) is 0.677. The molecule has 0 fully saturated rings. The first kappa shape index (κ1) is 16.5. The molecule has 4 rings (SSSR count). The molecule has 26 heavy (non-hydrogen) atoms. The molecule has 0 aliphatic carbocycles. The third-order valence-corrected chi connectivity index (χ3v) is 5.07. The van der Waals surface area contributed by atoms with Crippen LogP contribution < -0.4 is 5.32 Å². The molecule has 0 bridgehead atoms. The van der Waals surface area contributed by atoms with Gasteiger partial charge in [0.25, 0.3) is 0 Å². The van der Waals surface area contributed by atoms with Crippen LogP contribution in [0.15, 0.2) is 60.1 Å². The minimum atomic E-state index is -0.0382. The Bertz CT molecular complexity index is 1060. The Morgan fingerprint density at radius 3 is 2.65 bits per heavy atom. The number of carbonyl (C=O) groups is 1. The Balaban J connectivity index is 1.77. The van der Waals surface area contributed by atoms with Crippen LogP contribution in [0.3, 0.4) is 0 Å². The highest BCUT2D eigenvalue weighted by atomic mass is 32.1. The van der Waals surface area contributed by atoms with Crippen molar-refractivity contribution in [3.05, 3.63) is 76.1 Å². The maximum absolute atomic E-state index is 12.6. The van der Waals surface area contributed by atoms with Crippen molar-refractivity contribution in [3.63, 3.8) is 0 Å². The van der Waals surface area contributed by atoms with Crippen LogP contribution in [0, 0.1) is 13.8 Å². The van der Waals surface area contributed by atoms with E-state index in [1.54, 1.807) is 11.3 Å². The van der Waals surface area contributed by atoms with Crippen molar-refractivity contribution in [3.8, 4) is 11.3 Å². The zero-order valence-corrected chi connectivity index (χ0v) is 15.5. The molecule has 0 aliphatic rings. The van der Waals surface area contributed by atoms with Crippen LogP contribution in [0.4, 0.5) is 5.82 Å². The van der Waals surface area contributed by atoms with E-state index in [4.69, 9.17) is 4.98 Å². The van der Waals surface area contributed by atoms with E-state index in [2.05, 4.69) is 37.4 Å². The monoisotopic (exact) mass is 361 g/mol. The van der Waals surface area contributed by atoms with E-state index in [1.165, 1.54) is 11.1 Å². The largest absolute Gasteiger partial charge is 0.310 e. The number of carbonyl (C=O) groups excluding carboxylic acids is 1. The van der Waals surface area contributed by atoms with Crippen LogP contribution in [0.1, 0.15) is 16.0 Å². The number of hydrogen-bond acceptors (Lipinski definition) is 3. The predicted molar refractivity (Wildman–Crippen MR) is 107 cm³/mol. The van der Waals surface area contributed by atoms with Gasteiger partial charge in [-0.1, -0.05) is 29.3 Å². The van der Waals surface area contributed by atoms with Gasteiger partial charge in [-0.15, -0.1) is 11.3 Å². The van der Waals surface area contributed by atoms with E-state index >= 15 is 0 Å². The van der Waals surface area contributed by atoms with Crippen molar-refractivity contribution in [2.24, 2.45) is 0 Å².